The van der Waals surface area contributed by atoms with Crippen LogP contribution in [0.1, 0.15) is 46.4 Å². The van der Waals surface area contributed by atoms with Crippen LogP contribution in [0.25, 0.3) is 0 Å². The minimum absolute atomic E-state index is 0.134. The molecule has 0 saturated heterocycles. The van der Waals surface area contributed by atoms with Gasteiger partial charge >= 0.3 is 0 Å². The van der Waals surface area contributed by atoms with E-state index in [1.165, 1.54) is 24.2 Å². The number of carbonyl (C=O) groups excluding carboxylic acids is 1. The van der Waals surface area contributed by atoms with Gasteiger partial charge in [0, 0.05) is 24.6 Å². The molecule has 20 heavy (non-hydrogen) atoms. The number of aromatic nitrogens is 4. The Morgan fingerprint density at radius 3 is 3.05 bits per heavy atom. The third-order valence-corrected chi connectivity index (χ3v) is 4.00. The van der Waals surface area contributed by atoms with Crippen LogP contribution in [0.3, 0.4) is 0 Å². The zero-order chi connectivity index (χ0) is 13.9. The molecule has 0 aliphatic heterocycles. The Kier molecular flexibility index (Phi) is 3.64. The second-order valence-corrected chi connectivity index (χ2v) is 5.97. The van der Waals surface area contributed by atoms with Crippen LogP contribution < -0.4 is 11.1 Å². The third kappa shape index (κ3) is 3.13. The molecule has 0 atom stereocenters. The average molecular weight is 292 g/mol. The zero-order valence-electron chi connectivity index (χ0n) is 10.9. The standard InChI is InChI=1S/C12H16N6OS/c13-12-18-17-10(20-12)2-1-5-14-11(19)9-6-8(15-16-9)7-3-4-7/h6-7H,1-5H2,(H2,13,18)(H,14,19)(H,15,16). The number of nitrogen functional groups attached to an aromatic ring is 1. The van der Waals surface area contributed by atoms with E-state index in [1.807, 2.05) is 6.07 Å². The highest BCUT2D eigenvalue weighted by molar-refractivity contribution is 7.15. The Balaban J connectivity index is 1.42. The average Bonchev–Trinajstić information content (AvgIpc) is 3.02. The molecule has 1 saturated carbocycles. The smallest absolute Gasteiger partial charge is 0.271 e. The number of aryl methyl sites for hydroxylation is 1. The maximum Gasteiger partial charge on any atom is 0.271 e. The van der Waals surface area contributed by atoms with Crippen molar-refractivity contribution in [1.82, 2.24) is 25.7 Å². The van der Waals surface area contributed by atoms with Crippen LogP contribution in [0.15, 0.2) is 6.07 Å². The predicted molar refractivity (Wildman–Crippen MR) is 75.5 cm³/mol. The van der Waals surface area contributed by atoms with Crippen molar-refractivity contribution in [3.8, 4) is 0 Å². The first-order valence-corrected chi connectivity index (χ1v) is 7.45. The quantitative estimate of drug-likeness (QED) is 0.690. The monoisotopic (exact) mass is 292 g/mol. The van der Waals surface area contributed by atoms with Gasteiger partial charge in [-0.05, 0) is 25.3 Å². The summed E-state index contributed by atoms with van der Waals surface area (Å²) in [7, 11) is 0. The van der Waals surface area contributed by atoms with Crippen molar-refractivity contribution in [3.05, 3.63) is 22.5 Å². The highest BCUT2D eigenvalue weighted by Crippen LogP contribution is 2.38. The second-order valence-electron chi connectivity index (χ2n) is 4.88. The summed E-state index contributed by atoms with van der Waals surface area (Å²) in [5, 5.41) is 18.9. The molecule has 3 rings (SSSR count). The maximum atomic E-state index is 11.9. The van der Waals surface area contributed by atoms with Gasteiger partial charge in [-0.3, -0.25) is 9.89 Å². The Labute approximate surface area is 120 Å². The number of H-pyrrole nitrogens is 1. The third-order valence-electron chi connectivity index (χ3n) is 3.18. The van der Waals surface area contributed by atoms with Crippen molar-refractivity contribution in [3.63, 3.8) is 0 Å². The molecule has 0 aromatic carbocycles. The van der Waals surface area contributed by atoms with Crippen LogP contribution >= 0.6 is 11.3 Å². The maximum absolute atomic E-state index is 11.9. The number of carbonyl (C=O) groups is 1. The summed E-state index contributed by atoms with van der Waals surface area (Å²) < 4.78 is 0. The lowest BCUT2D eigenvalue weighted by Crippen LogP contribution is -2.25. The predicted octanol–water partition coefficient (Wildman–Crippen LogP) is 1.08. The van der Waals surface area contributed by atoms with E-state index in [-0.39, 0.29) is 5.91 Å². The summed E-state index contributed by atoms with van der Waals surface area (Å²) in [5.74, 6) is 0.442. The molecule has 1 aliphatic carbocycles. The minimum atomic E-state index is -0.134. The van der Waals surface area contributed by atoms with Gasteiger partial charge in [0.15, 0.2) is 0 Å². The molecule has 0 unspecified atom stereocenters. The topological polar surface area (TPSA) is 110 Å². The lowest BCUT2D eigenvalue weighted by Gasteiger charge is -2.01. The number of hydrogen-bond donors (Lipinski definition) is 3. The molecule has 0 spiro atoms. The zero-order valence-corrected chi connectivity index (χ0v) is 11.7. The summed E-state index contributed by atoms with van der Waals surface area (Å²) in [4.78, 5) is 11.9. The van der Waals surface area contributed by atoms with Gasteiger partial charge in [-0.2, -0.15) is 5.10 Å². The van der Waals surface area contributed by atoms with Crippen molar-refractivity contribution >= 4 is 22.4 Å². The van der Waals surface area contributed by atoms with Crippen molar-refractivity contribution in [1.29, 1.82) is 0 Å². The van der Waals surface area contributed by atoms with Crippen molar-refractivity contribution in [2.24, 2.45) is 0 Å². The number of nitrogens with one attached hydrogen (secondary N) is 2. The molecule has 2 aromatic rings. The fourth-order valence-electron chi connectivity index (χ4n) is 1.96. The fourth-order valence-corrected chi connectivity index (χ4v) is 2.61. The number of aromatic amines is 1. The SMILES string of the molecule is Nc1nnc(CCCNC(=O)c2cc(C3CC3)[nH]n2)s1. The van der Waals surface area contributed by atoms with Crippen LogP contribution in [0, 0.1) is 0 Å². The summed E-state index contributed by atoms with van der Waals surface area (Å²) in [6, 6.07) is 1.85. The van der Waals surface area contributed by atoms with Crippen LogP contribution in [0.5, 0.6) is 0 Å². The number of anilines is 1. The van der Waals surface area contributed by atoms with Crippen LogP contribution in [-0.2, 0) is 6.42 Å². The number of nitrogens with zero attached hydrogens (tertiary/aromatic N) is 3. The van der Waals surface area contributed by atoms with E-state index in [9.17, 15) is 4.79 Å². The normalized spacial score (nSPS) is 14.4. The van der Waals surface area contributed by atoms with Crippen LogP contribution in [-0.4, -0.2) is 32.8 Å². The highest BCUT2D eigenvalue weighted by Gasteiger charge is 2.26. The second kappa shape index (κ2) is 5.58. The van der Waals surface area contributed by atoms with E-state index in [2.05, 4.69) is 25.7 Å². The molecule has 106 valence electrons. The number of nitrogens with two attached hydrogens (primary N) is 1. The van der Waals surface area contributed by atoms with E-state index in [0.717, 1.165) is 23.5 Å². The fraction of sp³-hybridized carbons (Fsp3) is 0.500. The molecule has 2 heterocycles. The Morgan fingerprint density at radius 2 is 2.35 bits per heavy atom. The minimum Gasteiger partial charge on any atom is -0.374 e. The van der Waals surface area contributed by atoms with Crippen molar-refractivity contribution in [2.75, 3.05) is 12.3 Å². The Hall–Kier alpha value is -1.96. The van der Waals surface area contributed by atoms with E-state index in [0.29, 0.717) is 23.3 Å². The molecule has 0 radical (unpaired) electrons. The lowest BCUT2D eigenvalue weighted by molar-refractivity contribution is 0.0948. The Bertz CT molecular complexity index is 603. The molecule has 1 fully saturated rings. The number of rotatable bonds is 6. The largest absolute Gasteiger partial charge is 0.374 e. The van der Waals surface area contributed by atoms with Gasteiger partial charge in [0.05, 0.1) is 0 Å². The van der Waals surface area contributed by atoms with Gasteiger partial charge in [0.25, 0.3) is 5.91 Å². The van der Waals surface area contributed by atoms with E-state index >= 15 is 0 Å². The van der Waals surface area contributed by atoms with E-state index < -0.39 is 0 Å². The van der Waals surface area contributed by atoms with Crippen molar-refractivity contribution in [2.45, 2.75) is 31.6 Å². The van der Waals surface area contributed by atoms with Crippen LogP contribution in [0.4, 0.5) is 5.13 Å². The summed E-state index contributed by atoms with van der Waals surface area (Å²) >= 11 is 1.38. The lowest BCUT2D eigenvalue weighted by atomic mass is 10.2. The van der Waals surface area contributed by atoms with Gasteiger partial charge in [0.2, 0.25) is 5.13 Å². The molecule has 8 heteroatoms. The van der Waals surface area contributed by atoms with Gasteiger partial charge in [-0.25, -0.2) is 0 Å². The molecule has 2 aromatic heterocycles. The molecule has 7 nitrogen and oxygen atoms in total. The van der Waals surface area contributed by atoms with Crippen molar-refractivity contribution < 1.29 is 4.79 Å². The summed E-state index contributed by atoms with van der Waals surface area (Å²) in [6.07, 6.45) is 3.95. The first-order chi connectivity index (χ1) is 9.72. The summed E-state index contributed by atoms with van der Waals surface area (Å²) in [5.41, 5.74) is 7.04. The molecule has 0 bridgehead atoms. The molecular weight excluding hydrogens is 276 g/mol. The van der Waals surface area contributed by atoms with E-state index in [4.69, 9.17) is 5.73 Å². The van der Waals surface area contributed by atoms with Gasteiger partial charge in [-0.15, -0.1) is 10.2 Å². The van der Waals surface area contributed by atoms with Crippen LogP contribution in [0.2, 0.25) is 0 Å². The van der Waals surface area contributed by atoms with Gasteiger partial charge in [-0.1, -0.05) is 11.3 Å². The number of hydrogen-bond acceptors (Lipinski definition) is 6. The Morgan fingerprint density at radius 1 is 1.50 bits per heavy atom. The van der Waals surface area contributed by atoms with E-state index in [1.54, 1.807) is 0 Å². The van der Waals surface area contributed by atoms with Gasteiger partial charge < -0.3 is 11.1 Å². The molecule has 1 amide bonds. The summed E-state index contributed by atoms with van der Waals surface area (Å²) in [6.45, 7) is 0.587. The first-order valence-electron chi connectivity index (χ1n) is 6.64. The van der Waals surface area contributed by atoms with Gasteiger partial charge in [0.1, 0.15) is 10.7 Å². The first kappa shape index (κ1) is 13.0. The highest BCUT2D eigenvalue weighted by atomic mass is 32.1. The molecular formula is C12H16N6OS. The molecule has 4 N–H and O–H groups in total. The number of amides is 1. The molecule has 1 aliphatic rings.